The highest BCUT2D eigenvalue weighted by molar-refractivity contribution is 5.85. The number of nitrogens with two attached hydrogens (primary N) is 1. The zero-order valence-electron chi connectivity index (χ0n) is 54.6. The summed E-state index contributed by atoms with van der Waals surface area (Å²) in [7, 11) is 0. The third kappa shape index (κ3) is 10.8. The summed E-state index contributed by atoms with van der Waals surface area (Å²) in [5.74, 6) is 5.59. The summed E-state index contributed by atoms with van der Waals surface area (Å²) >= 11 is 0. The lowest BCUT2D eigenvalue weighted by Crippen LogP contribution is -2.67. The first-order chi connectivity index (χ1) is 38.6. The third-order valence-corrected chi connectivity index (χ3v) is 29.9. The molecule has 12 fully saturated rings. The van der Waals surface area contributed by atoms with Crippen molar-refractivity contribution < 1.29 is 43.9 Å². The van der Waals surface area contributed by atoms with E-state index in [0.717, 1.165) is 108 Å². The Labute approximate surface area is 511 Å². The molecule has 2 heterocycles. The third-order valence-electron chi connectivity index (χ3n) is 29.9. The molecule has 3 unspecified atom stereocenters. The Morgan fingerprint density at radius 1 is 0.548 bits per heavy atom. The standard InChI is InChI=1S/C35H59NO3.C35H56O4.C2H4O2.CH4.H3N/c1-23(21-37)24-12-17-35(22-39-29-9-7-8-20-38-29)19-18-33(5)25(30(24)35)10-11-27-32(4)15-14-28(36)31(2,3)26(32)13-16-34(27,33)6;1-23(21-36)24-12-17-35(22-39-29-9-7-8-20-38-29)19-18-33(5)25(30(24)35)10-11-27-32(4)15-14-28(37)31(2,3)26(32)13-16-34(27,33)6;1-2(3)4;;/h24-30,37H,1,7-22,36H2,2-6H3;24-27,29-30,36H,1,7-22H2,2-6H3;1H3,(H,3,4);1H4;1H3/t24-,25+,26-,27+,28?,29?,30+,32-,33+,34+,35+;24-,25+,26-,27+,29?,30+,32-,33+,34+,35+;;;/m00.../s1. The van der Waals surface area contributed by atoms with Crippen molar-refractivity contribution >= 4 is 11.8 Å². The van der Waals surface area contributed by atoms with Gasteiger partial charge in [0.1, 0.15) is 5.78 Å². The first-order valence-corrected chi connectivity index (χ1v) is 34.1. The number of rotatable bonds is 10. The molecule has 0 bridgehead atoms. The van der Waals surface area contributed by atoms with Crippen LogP contribution in [0, 0.1) is 113 Å². The van der Waals surface area contributed by atoms with Crippen LogP contribution in [-0.2, 0) is 28.5 Å². The molecular weight excluding hydrogens is 1050 g/mol. The molecular formula is C73H126N2O9. The lowest BCUT2D eigenvalue weighted by Gasteiger charge is -2.73. The van der Waals surface area contributed by atoms with Crippen molar-refractivity contribution in [3.8, 4) is 0 Å². The van der Waals surface area contributed by atoms with E-state index in [1.54, 1.807) is 0 Å². The lowest BCUT2D eigenvalue weighted by atomic mass is 9.32. The van der Waals surface area contributed by atoms with E-state index in [4.69, 9.17) is 34.6 Å². The van der Waals surface area contributed by atoms with Crippen LogP contribution in [0.25, 0.3) is 0 Å². The number of hydrogen-bond donors (Lipinski definition) is 5. The maximum absolute atomic E-state index is 13.1. The second-order valence-electron chi connectivity index (χ2n) is 33.4. The van der Waals surface area contributed by atoms with Gasteiger partial charge in [-0.1, -0.05) is 89.8 Å². The number of ketones is 1. The molecule has 482 valence electrons. The average Bonchev–Trinajstić information content (AvgIpc) is 0.963. The number of carbonyl (C=O) groups excluding carboxylic acids is 1. The summed E-state index contributed by atoms with van der Waals surface area (Å²) in [6, 6.07) is 0.332. The first-order valence-electron chi connectivity index (χ1n) is 34.1. The number of hydrogen-bond acceptors (Lipinski definition) is 10. The number of carboxylic acid groups (broad SMARTS) is 1. The summed E-state index contributed by atoms with van der Waals surface area (Å²) < 4.78 is 25.3. The summed E-state index contributed by atoms with van der Waals surface area (Å²) in [6.45, 7) is 39.0. The van der Waals surface area contributed by atoms with Gasteiger partial charge in [-0.2, -0.15) is 0 Å². The molecule has 0 aromatic rings. The van der Waals surface area contributed by atoms with Crippen molar-refractivity contribution in [1.82, 2.24) is 6.15 Å². The molecule has 2 aliphatic heterocycles. The van der Waals surface area contributed by atoms with Gasteiger partial charge in [-0.05, 0) is 280 Å². The largest absolute Gasteiger partial charge is 0.481 e. The predicted octanol–water partition coefficient (Wildman–Crippen LogP) is 16.1. The normalized spacial score (nSPS) is 48.4. The monoisotopic (exact) mass is 1170 g/mol. The van der Waals surface area contributed by atoms with Gasteiger partial charge in [-0.15, -0.1) is 0 Å². The molecule has 10 aliphatic carbocycles. The van der Waals surface area contributed by atoms with Gasteiger partial charge in [-0.3, -0.25) is 9.59 Å². The fourth-order valence-electron chi connectivity index (χ4n) is 25.2. The Morgan fingerprint density at radius 2 is 0.976 bits per heavy atom. The van der Waals surface area contributed by atoms with E-state index in [2.05, 4.69) is 82.4 Å². The zero-order valence-corrected chi connectivity index (χ0v) is 54.6. The zero-order chi connectivity index (χ0) is 59.3. The molecule has 11 nitrogen and oxygen atoms in total. The van der Waals surface area contributed by atoms with Crippen LogP contribution in [0.3, 0.4) is 0 Å². The lowest BCUT2D eigenvalue weighted by molar-refractivity contribution is -0.249. The second-order valence-corrected chi connectivity index (χ2v) is 33.4. The number of aliphatic hydroxyl groups is 2. The van der Waals surface area contributed by atoms with Gasteiger partial charge >= 0.3 is 0 Å². The highest BCUT2D eigenvalue weighted by atomic mass is 16.7. The van der Waals surface area contributed by atoms with Crippen molar-refractivity contribution in [3.63, 3.8) is 0 Å². The smallest absolute Gasteiger partial charge is 0.300 e. The van der Waals surface area contributed by atoms with Gasteiger partial charge in [0.05, 0.1) is 26.4 Å². The first kappa shape index (κ1) is 68.2. The van der Waals surface area contributed by atoms with Gasteiger partial charge in [0.15, 0.2) is 12.6 Å². The molecule has 84 heavy (non-hydrogen) atoms. The van der Waals surface area contributed by atoms with Crippen molar-refractivity contribution in [2.45, 2.75) is 269 Å². The van der Waals surface area contributed by atoms with E-state index in [9.17, 15) is 15.0 Å². The summed E-state index contributed by atoms with van der Waals surface area (Å²) in [6.07, 6.45) is 31.2. The van der Waals surface area contributed by atoms with Crippen LogP contribution in [0.2, 0.25) is 0 Å². The SMILES string of the molecule is C.C=C(CO)[C@@H]1CC[C@]2(COC3CCCCO3)CC[C@]3(C)[C@H](CC[C@@H]4[C@@]5(C)CCC(=O)C(C)(C)[C@@H]5CC[C@]43C)[C@@H]12.C=C(CO)[C@@H]1CC[C@]2(COC3CCCCO3)CC[C@]3(C)[C@H](CC[C@@H]4[C@@]5(C)CCC(N)C(C)(C)[C@@H]5CC[C@]43C)[C@@H]12.CC(=O)O.N. The molecule has 0 amide bonds. The number of ether oxygens (including phenoxy) is 4. The van der Waals surface area contributed by atoms with Gasteiger partial charge in [-0.25, -0.2) is 0 Å². The summed E-state index contributed by atoms with van der Waals surface area (Å²) in [4.78, 5) is 22.1. The Morgan fingerprint density at radius 3 is 1.39 bits per heavy atom. The fraction of sp³-hybridized carbons (Fsp3) is 0.918. The van der Waals surface area contributed by atoms with Gasteiger partial charge in [0, 0.05) is 38.0 Å². The topological polar surface area (TPSA) is 193 Å². The molecule has 12 rings (SSSR count). The number of carbonyl (C=O) groups is 2. The molecule has 0 spiro atoms. The Bertz CT molecular complexity index is 2340. The van der Waals surface area contributed by atoms with Crippen LogP contribution in [0.15, 0.2) is 24.3 Å². The number of aliphatic hydroxyl groups excluding tert-OH is 2. The highest BCUT2D eigenvalue weighted by Gasteiger charge is 2.73. The minimum absolute atomic E-state index is 0. The quantitative estimate of drug-likeness (QED) is 0.131. The molecule has 2 saturated heterocycles. The fourth-order valence-corrected chi connectivity index (χ4v) is 25.2. The summed E-state index contributed by atoms with van der Waals surface area (Å²) in [5.41, 5.74) is 11.2. The number of aliphatic carboxylic acids is 1. The average molecular weight is 1180 g/mol. The van der Waals surface area contributed by atoms with Crippen molar-refractivity contribution in [2.75, 3.05) is 39.6 Å². The number of fused-ring (bicyclic) bond motifs is 14. The van der Waals surface area contributed by atoms with Crippen LogP contribution >= 0.6 is 0 Å². The van der Waals surface area contributed by atoms with E-state index >= 15 is 0 Å². The molecule has 8 N–H and O–H groups in total. The Hall–Kier alpha value is -1.70. The van der Waals surface area contributed by atoms with Gasteiger partial charge in [0.2, 0.25) is 0 Å². The van der Waals surface area contributed by atoms with E-state index < -0.39 is 5.97 Å². The van der Waals surface area contributed by atoms with Crippen LogP contribution in [0.1, 0.15) is 251 Å². The van der Waals surface area contributed by atoms with Crippen molar-refractivity contribution in [2.24, 2.45) is 119 Å². The van der Waals surface area contributed by atoms with E-state index in [0.29, 0.717) is 75.4 Å². The minimum Gasteiger partial charge on any atom is -0.481 e. The summed E-state index contributed by atoms with van der Waals surface area (Å²) in [5, 5.41) is 27.9. The van der Waals surface area contributed by atoms with Crippen LogP contribution in [0.5, 0.6) is 0 Å². The Balaban J connectivity index is 0.000000202. The minimum atomic E-state index is -0.833. The molecule has 0 aromatic heterocycles. The van der Waals surface area contributed by atoms with Crippen LogP contribution in [-0.4, -0.2) is 85.3 Å². The number of carboxylic acids is 1. The van der Waals surface area contributed by atoms with Crippen LogP contribution in [0.4, 0.5) is 0 Å². The molecule has 0 radical (unpaired) electrons. The molecule has 21 atom stereocenters. The van der Waals surface area contributed by atoms with E-state index in [1.807, 2.05) is 0 Å². The maximum Gasteiger partial charge on any atom is 0.300 e. The van der Waals surface area contributed by atoms with Crippen molar-refractivity contribution in [1.29, 1.82) is 0 Å². The molecule has 11 heteroatoms. The molecule has 0 aromatic carbocycles. The highest BCUT2D eigenvalue weighted by Crippen LogP contribution is 2.80. The van der Waals surface area contributed by atoms with Crippen LogP contribution < -0.4 is 11.9 Å². The Kier molecular flexibility index (Phi) is 20.2. The number of Topliss-reactive ketones (excluding diaryl/α,β-unsaturated/α-hetero) is 1. The predicted molar refractivity (Wildman–Crippen MR) is 338 cm³/mol. The molecule has 12 aliphatic rings. The van der Waals surface area contributed by atoms with Gasteiger partial charge in [0.25, 0.3) is 5.97 Å². The second kappa shape index (κ2) is 24.8. The molecule has 10 saturated carbocycles. The van der Waals surface area contributed by atoms with E-state index in [1.165, 1.54) is 116 Å². The van der Waals surface area contributed by atoms with Gasteiger partial charge < -0.3 is 46.2 Å². The maximum atomic E-state index is 13.1. The van der Waals surface area contributed by atoms with Crippen molar-refractivity contribution in [3.05, 3.63) is 24.3 Å². The van der Waals surface area contributed by atoms with E-state index in [-0.39, 0.29) is 77.3 Å².